The van der Waals surface area contributed by atoms with E-state index < -0.39 is 0 Å². The fourth-order valence-corrected chi connectivity index (χ4v) is 3.31. The molecule has 5 nitrogen and oxygen atoms in total. The molecule has 1 aromatic heterocycles. The highest BCUT2D eigenvalue weighted by Crippen LogP contribution is 2.19. The highest BCUT2D eigenvalue weighted by Gasteiger charge is 2.13. The lowest BCUT2D eigenvalue weighted by Crippen LogP contribution is -2.24. The fourth-order valence-electron chi connectivity index (χ4n) is 2.35. The number of methoxy groups -OCH3 is 1. The van der Waals surface area contributed by atoms with Crippen molar-refractivity contribution < 1.29 is 9.53 Å². The summed E-state index contributed by atoms with van der Waals surface area (Å²) in [4.78, 5) is 28.9. The molecule has 0 aliphatic heterocycles. The highest BCUT2D eigenvalue weighted by atomic mass is 35.5. The third kappa shape index (κ3) is 4.03. The number of ether oxygens (including phenoxy) is 1. The minimum absolute atomic E-state index is 0.0852. The molecule has 0 saturated carbocycles. The van der Waals surface area contributed by atoms with Gasteiger partial charge in [0.15, 0.2) is 5.16 Å². The van der Waals surface area contributed by atoms with E-state index in [1.54, 1.807) is 34.9 Å². The van der Waals surface area contributed by atoms with E-state index in [4.69, 9.17) is 11.6 Å². The molecular formula is C18H15ClN2O3S. The van der Waals surface area contributed by atoms with E-state index >= 15 is 0 Å². The van der Waals surface area contributed by atoms with Gasteiger partial charge in [0.2, 0.25) is 0 Å². The van der Waals surface area contributed by atoms with Gasteiger partial charge >= 0.3 is 5.97 Å². The zero-order chi connectivity index (χ0) is 17.8. The number of esters is 1. The molecule has 7 heteroatoms. The summed E-state index contributed by atoms with van der Waals surface area (Å²) in [5.74, 6) is -0.285. The van der Waals surface area contributed by atoms with Gasteiger partial charge in [-0.2, -0.15) is 0 Å². The van der Waals surface area contributed by atoms with Gasteiger partial charge in [-0.3, -0.25) is 14.2 Å². The van der Waals surface area contributed by atoms with Crippen LogP contribution in [0.15, 0.2) is 58.5 Å². The molecule has 0 aliphatic carbocycles. The molecule has 0 bridgehead atoms. The first-order valence-corrected chi connectivity index (χ1v) is 8.88. The lowest BCUT2D eigenvalue weighted by Gasteiger charge is -2.13. The van der Waals surface area contributed by atoms with Gasteiger partial charge in [-0.15, -0.1) is 0 Å². The molecule has 0 radical (unpaired) electrons. The van der Waals surface area contributed by atoms with Crippen molar-refractivity contribution in [3.63, 3.8) is 0 Å². The quantitative estimate of drug-likeness (QED) is 0.389. The van der Waals surface area contributed by atoms with Gasteiger partial charge in [-0.1, -0.05) is 47.6 Å². The van der Waals surface area contributed by atoms with Gasteiger partial charge in [0.1, 0.15) is 0 Å². The zero-order valence-electron chi connectivity index (χ0n) is 13.4. The molecule has 1 heterocycles. The summed E-state index contributed by atoms with van der Waals surface area (Å²) in [5, 5.41) is 1.65. The standard InChI is InChI=1S/C18H15ClN2O3S/c1-24-16(22)11-25-18-20-15-5-3-2-4-14(15)17(23)21(18)10-12-6-8-13(19)9-7-12/h2-9H,10-11H2,1H3. The molecule has 0 saturated heterocycles. The lowest BCUT2D eigenvalue weighted by atomic mass is 10.2. The van der Waals surface area contributed by atoms with Crippen molar-refractivity contribution >= 4 is 40.2 Å². The second-order valence-electron chi connectivity index (χ2n) is 5.29. The zero-order valence-corrected chi connectivity index (χ0v) is 15.0. The van der Waals surface area contributed by atoms with E-state index in [0.29, 0.717) is 27.6 Å². The van der Waals surface area contributed by atoms with Gasteiger partial charge in [-0.05, 0) is 29.8 Å². The highest BCUT2D eigenvalue weighted by molar-refractivity contribution is 7.99. The van der Waals surface area contributed by atoms with Crippen molar-refractivity contribution in [2.24, 2.45) is 0 Å². The van der Waals surface area contributed by atoms with Crippen LogP contribution < -0.4 is 5.56 Å². The van der Waals surface area contributed by atoms with Gasteiger partial charge in [0, 0.05) is 5.02 Å². The number of hydrogen-bond donors (Lipinski definition) is 0. The van der Waals surface area contributed by atoms with E-state index in [1.165, 1.54) is 18.9 Å². The van der Waals surface area contributed by atoms with Crippen molar-refractivity contribution in [3.05, 3.63) is 69.5 Å². The molecule has 25 heavy (non-hydrogen) atoms. The molecule has 0 aliphatic rings. The minimum Gasteiger partial charge on any atom is -0.468 e. The second-order valence-corrected chi connectivity index (χ2v) is 6.67. The predicted molar refractivity (Wildman–Crippen MR) is 99.3 cm³/mol. The van der Waals surface area contributed by atoms with Crippen LogP contribution in [0.25, 0.3) is 10.9 Å². The summed E-state index contributed by atoms with van der Waals surface area (Å²) < 4.78 is 6.24. The van der Waals surface area contributed by atoms with Crippen LogP contribution in [0.5, 0.6) is 0 Å². The maximum atomic E-state index is 12.9. The number of hydrogen-bond acceptors (Lipinski definition) is 5. The maximum Gasteiger partial charge on any atom is 0.316 e. The average molecular weight is 375 g/mol. The average Bonchev–Trinajstić information content (AvgIpc) is 2.64. The number of aromatic nitrogens is 2. The summed E-state index contributed by atoms with van der Waals surface area (Å²) in [7, 11) is 1.33. The van der Waals surface area contributed by atoms with Crippen molar-refractivity contribution in [1.82, 2.24) is 9.55 Å². The van der Waals surface area contributed by atoms with Crippen LogP contribution in [0.2, 0.25) is 5.02 Å². The molecule has 0 spiro atoms. The third-order valence-electron chi connectivity index (χ3n) is 3.63. The fraction of sp³-hybridized carbons (Fsp3) is 0.167. The Bertz CT molecular complexity index is 970. The van der Waals surface area contributed by atoms with E-state index in [0.717, 1.165) is 5.56 Å². The molecule has 0 N–H and O–H groups in total. The molecule has 0 atom stereocenters. The summed E-state index contributed by atoms with van der Waals surface area (Å²) in [6.07, 6.45) is 0. The Balaban J connectivity index is 2.05. The first-order chi connectivity index (χ1) is 12.1. The Morgan fingerprint density at radius 2 is 1.92 bits per heavy atom. The number of fused-ring (bicyclic) bond motifs is 1. The first kappa shape index (κ1) is 17.5. The third-order valence-corrected chi connectivity index (χ3v) is 4.83. The Kier molecular flexibility index (Phi) is 5.40. The van der Waals surface area contributed by atoms with E-state index in [2.05, 4.69) is 9.72 Å². The summed E-state index contributed by atoms with van der Waals surface area (Å²) >= 11 is 7.10. The van der Waals surface area contributed by atoms with Crippen LogP contribution in [0, 0.1) is 0 Å². The minimum atomic E-state index is -0.370. The van der Waals surface area contributed by atoms with Crippen LogP contribution in [0.1, 0.15) is 5.56 Å². The SMILES string of the molecule is COC(=O)CSc1nc2ccccc2c(=O)n1Cc1ccc(Cl)cc1. The number of nitrogens with zero attached hydrogens (tertiary/aromatic N) is 2. The Labute approximate surface area is 153 Å². The van der Waals surface area contributed by atoms with E-state index in [1.807, 2.05) is 18.2 Å². The van der Waals surface area contributed by atoms with Crippen molar-refractivity contribution in [2.45, 2.75) is 11.7 Å². The van der Waals surface area contributed by atoms with Gasteiger partial charge in [-0.25, -0.2) is 4.98 Å². The van der Waals surface area contributed by atoms with Crippen molar-refractivity contribution in [1.29, 1.82) is 0 Å². The maximum absolute atomic E-state index is 12.9. The number of rotatable bonds is 5. The Morgan fingerprint density at radius 1 is 1.20 bits per heavy atom. The van der Waals surface area contributed by atoms with E-state index in [9.17, 15) is 9.59 Å². The monoisotopic (exact) mass is 374 g/mol. The van der Waals surface area contributed by atoms with Gasteiger partial charge in [0.25, 0.3) is 5.56 Å². The number of halogens is 1. The summed E-state index contributed by atoms with van der Waals surface area (Å²) in [6, 6.07) is 14.4. The van der Waals surface area contributed by atoms with Crippen LogP contribution in [0.4, 0.5) is 0 Å². The van der Waals surface area contributed by atoms with Crippen LogP contribution in [-0.4, -0.2) is 28.4 Å². The van der Waals surface area contributed by atoms with Crippen LogP contribution in [-0.2, 0) is 16.1 Å². The number of thioether (sulfide) groups is 1. The molecule has 128 valence electrons. The Morgan fingerprint density at radius 3 is 2.64 bits per heavy atom. The number of carbonyl (C=O) groups excluding carboxylic acids is 1. The van der Waals surface area contributed by atoms with Gasteiger partial charge < -0.3 is 4.74 Å². The molecular weight excluding hydrogens is 360 g/mol. The van der Waals surface area contributed by atoms with Crippen molar-refractivity contribution in [3.8, 4) is 0 Å². The first-order valence-electron chi connectivity index (χ1n) is 7.52. The van der Waals surface area contributed by atoms with Gasteiger partial charge in [0.05, 0.1) is 30.3 Å². The normalized spacial score (nSPS) is 10.8. The Hall–Kier alpha value is -2.31. The molecule has 0 fully saturated rings. The van der Waals surface area contributed by atoms with E-state index in [-0.39, 0.29) is 17.3 Å². The number of benzene rings is 2. The lowest BCUT2D eigenvalue weighted by molar-refractivity contribution is -0.137. The molecule has 3 aromatic rings. The summed E-state index contributed by atoms with van der Waals surface area (Å²) in [5.41, 5.74) is 1.38. The summed E-state index contributed by atoms with van der Waals surface area (Å²) in [6.45, 7) is 0.345. The second kappa shape index (κ2) is 7.72. The largest absolute Gasteiger partial charge is 0.468 e. The van der Waals surface area contributed by atoms with Crippen molar-refractivity contribution in [2.75, 3.05) is 12.9 Å². The molecule has 0 unspecified atom stereocenters. The molecule has 2 aromatic carbocycles. The topological polar surface area (TPSA) is 61.2 Å². The van der Waals surface area contributed by atoms with Crippen LogP contribution >= 0.6 is 23.4 Å². The molecule has 3 rings (SSSR count). The molecule has 0 amide bonds. The predicted octanol–water partition coefficient (Wildman–Crippen LogP) is 3.36. The smallest absolute Gasteiger partial charge is 0.316 e. The number of carbonyl (C=O) groups is 1. The number of para-hydroxylation sites is 1. The van der Waals surface area contributed by atoms with Crippen LogP contribution in [0.3, 0.4) is 0 Å².